The fraction of sp³-hybridized carbons (Fsp3) is 0.235. The van der Waals surface area contributed by atoms with Crippen molar-refractivity contribution in [1.82, 2.24) is 0 Å². The van der Waals surface area contributed by atoms with E-state index in [-0.39, 0.29) is 39.9 Å². The number of benzene rings is 1. The molecule has 0 heterocycles. The maximum absolute atomic E-state index is 11.2. The Morgan fingerprint density at radius 2 is 1.62 bits per heavy atom. The summed E-state index contributed by atoms with van der Waals surface area (Å²) in [5.41, 5.74) is -0.673. The minimum Gasteiger partial charge on any atom is -0.497 e. The number of ether oxygens (including phenoxy) is 3. The van der Waals surface area contributed by atoms with E-state index in [9.17, 15) is 13.2 Å². The van der Waals surface area contributed by atoms with Crippen molar-refractivity contribution in [3.63, 3.8) is 0 Å². The lowest BCUT2D eigenvalue weighted by Gasteiger charge is -2.11. The van der Waals surface area contributed by atoms with Gasteiger partial charge in [-0.2, -0.15) is 8.42 Å². The molecule has 0 spiro atoms. The largest absolute Gasteiger partial charge is 0.497 e. The van der Waals surface area contributed by atoms with Gasteiger partial charge in [-0.25, -0.2) is 20.2 Å². The fourth-order valence-electron chi connectivity index (χ4n) is 2.01. The molecule has 29 heavy (non-hydrogen) atoms. The van der Waals surface area contributed by atoms with Gasteiger partial charge in [0.1, 0.15) is 24.7 Å². The molecular formula is C17H12N4O7S. The molecule has 0 bridgehead atoms. The van der Waals surface area contributed by atoms with Crippen LogP contribution in [0.15, 0.2) is 12.1 Å². The molecule has 0 saturated heterocycles. The zero-order chi connectivity index (χ0) is 22.0. The quantitative estimate of drug-likeness (QED) is 0.271. The molecule has 0 aliphatic carbocycles. The average Bonchev–Trinajstić information content (AvgIpc) is 2.66. The Labute approximate surface area is 165 Å². The summed E-state index contributed by atoms with van der Waals surface area (Å²) in [4.78, 5) is 17.4. The number of methoxy groups -OCH3 is 1. The SMILES string of the molecule is [C-]#[N+]C(C#N)=c1cc(OCCOC(=O)CS(=O)(=O)O)c(=C(C#N)[N+]#[C-])cc1OC. The number of nitrogens with zero attached hydrogens (tertiary/aromatic N) is 4. The molecule has 0 aliphatic rings. The van der Waals surface area contributed by atoms with Gasteiger partial charge >= 0.3 is 5.97 Å². The van der Waals surface area contributed by atoms with E-state index in [0.717, 1.165) is 0 Å². The standard InChI is InChI=1S/C17H12N4O7S/c1-20-13(8-18)11-7-16(12(6-15(11)26-3)14(9-19)21-2)27-4-5-28-17(22)10-29(23,24)25/h6-7H,4-5,10H2,3H3,(H,23,24,25). The number of esters is 1. The Kier molecular flexibility index (Phi) is 8.14. The predicted molar refractivity (Wildman–Crippen MR) is 96.4 cm³/mol. The minimum absolute atomic E-state index is 0.0228. The third-order valence-corrected chi connectivity index (χ3v) is 3.75. The summed E-state index contributed by atoms with van der Waals surface area (Å²) < 4.78 is 44.9. The number of carbonyl (C=O) groups is 1. The third-order valence-electron chi connectivity index (χ3n) is 3.15. The summed E-state index contributed by atoms with van der Waals surface area (Å²) in [5, 5.41) is 18.3. The van der Waals surface area contributed by atoms with Crippen LogP contribution in [0.1, 0.15) is 0 Å². The Balaban J connectivity index is 3.33. The first-order valence-electron chi connectivity index (χ1n) is 7.46. The van der Waals surface area contributed by atoms with Crippen molar-refractivity contribution in [1.29, 1.82) is 10.5 Å². The monoisotopic (exact) mass is 416 g/mol. The lowest BCUT2D eigenvalue weighted by Crippen LogP contribution is -2.23. The summed E-state index contributed by atoms with van der Waals surface area (Å²) in [5.74, 6) is -2.42. The number of nitriles is 2. The number of hydrogen-bond donors (Lipinski definition) is 1. The van der Waals surface area contributed by atoms with E-state index >= 15 is 0 Å². The van der Waals surface area contributed by atoms with E-state index < -0.39 is 28.4 Å². The van der Waals surface area contributed by atoms with E-state index in [1.54, 1.807) is 12.1 Å². The van der Waals surface area contributed by atoms with Crippen LogP contribution in [0.2, 0.25) is 0 Å². The Morgan fingerprint density at radius 1 is 1.10 bits per heavy atom. The molecule has 1 rings (SSSR count). The molecule has 148 valence electrons. The van der Waals surface area contributed by atoms with Crippen molar-refractivity contribution in [2.24, 2.45) is 0 Å². The summed E-state index contributed by atoms with van der Waals surface area (Å²) in [6, 6.07) is 5.87. The molecule has 1 aromatic carbocycles. The molecule has 0 saturated carbocycles. The highest BCUT2D eigenvalue weighted by atomic mass is 32.2. The molecule has 1 N–H and O–H groups in total. The normalized spacial score (nSPS) is 12.2. The van der Waals surface area contributed by atoms with Crippen LogP contribution in [0, 0.1) is 35.8 Å². The number of carbonyl (C=O) groups excluding carboxylic acids is 1. The Hall–Kier alpha value is -4.10. The summed E-state index contributed by atoms with van der Waals surface area (Å²) in [6.07, 6.45) is 0. The maximum Gasteiger partial charge on any atom is 0.323 e. The summed E-state index contributed by atoms with van der Waals surface area (Å²) in [7, 11) is -3.25. The van der Waals surface area contributed by atoms with Crippen molar-refractivity contribution in [3.05, 3.63) is 45.4 Å². The fourth-order valence-corrected chi connectivity index (χ4v) is 2.39. The molecule has 0 aliphatic heterocycles. The molecule has 0 amide bonds. The predicted octanol–water partition coefficient (Wildman–Crippen LogP) is -0.393. The highest BCUT2D eigenvalue weighted by Crippen LogP contribution is 2.12. The van der Waals surface area contributed by atoms with Crippen LogP contribution >= 0.6 is 0 Å². The van der Waals surface area contributed by atoms with Crippen molar-refractivity contribution in [2.75, 3.05) is 26.1 Å². The first kappa shape index (κ1) is 22.9. The van der Waals surface area contributed by atoms with Gasteiger partial charge in [-0.1, -0.05) is 0 Å². The van der Waals surface area contributed by atoms with Gasteiger partial charge in [0.05, 0.1) is 32.4 Å². The molecule has 0 unspecified atom stereocenters. The zero-order valence-electron chi connectivity index (χ0n) is 14.9. The van der Waals surface area contributed by atoms with Gasteiger partial charge < -0.3 is 14.2 Å². The molecule has 12 heteroatoms. The van der Waals surface area contributed by atoms with Crippen LogP contribution < -0.4 is 19.9 Å². The van der Waals surface area contributed by atoms with Gasteiger partial charge in [-0.15, -0.1) is 0 Å². The van der Waals surface area contributed by atoms with Crippen LogP contribution in [-0.2, 0) is 19.6 Å². The van der Waals surface area contributed by atoms with Gasteiger partial charge in [0.15, 0.2) is 5.75 Å². The number of hydrogen-bond acceptors (Lipinski definition) is 8. The van der Waals surface area contributed by atoms with Crippen molar-refractivity contribution in [2.45, 2.75) is 0 Å². The second-order valence-electron chi connectivity index (χ2n) is 4.99. The van der Waals surface area contributed by atoms with Gasteiger partial charge in [0.25, 0.3) is 21.5 Å². The molecule has 0 radical (unpaired) electrons. The second-order valence-corrected chi connectivity index (χ2v) is 6.44. The van der Waals surface area contributed by atoms with E-state index in [0.29, 0.717) is 0 Å². The van der Waals surface area contributed by atoms with E-state index in [2.05, 4.69) is 14.4 Å². The Morgan fingerprint density at radius 3 is 2.07 bits per heavy atom. The second kappa shape index (κ2) is 10.3. The molecule has 0 atom stereocenters. The summed E-state index contributed by atoms with van der Waals surface area (Å²) >= 11 is 0. The highest BCUT2D eigenvalue weighted by Gasteiger charge is 2.14. The van der Waals surface area contributed by atoms with Crippen LogP contribution in [0.4, 0.5) is 0 Å². The van der Waals surface area contributed by atoms with Gasteiger partial charge in [-0.05, 0) is 12.1 Å². The zero-order valence-corrected chi connectivity index (χ0v) is 15.7. The molecule has 1 aromatic rings. The maximum atomic E-state index is 11.2. The molecular weight excluding hydrogens is 404 g/mol. The number of rotatable bonds is 7. The third kappa shape index (κ3) is 6.53. The van der Waals surface area contributed by atoms with Crippen LogP contribution in [0.5, 0.6) is 11.5 Å². The van der Waals surface area contributed by atoms with Crippen molar-refractivity contribution < 1.29 is 32.0 Å². The Bertz CT molecular complexity index is 1180. The summed E-state index contributed by atoms with van der Waals surface area (Å²) in [6.45, 7) is 13.4. The lowest BCUT2D eigenvalue weighted by molar-refractivity contribution is -0.141. The van der Waals surface area contributed by atoms with Crippen LogP contribution in [-0.4, -0.2) is 45.0 Å². The molecule has 0 aromatic heterocycles. The van der Waals surface area contributed by atoms with E-state index in [4.69, 9.17) is 37.7 Å². The van der Waals surface area contributed by atoms with Gasteiger partial charge in [0, 0.05) is 10.4 Å². The lowest BCUT2D eigenvalue weighted by atomic mass is 10.1. The first-order chi connectivity index (χ1) is 13.7. The van der Waals surface area contributed by atoms with Crippen LogP contribution in [0.3, 0.4) is 0 Å². The van der Waals surface area contributed by atoms with Crippen molar-refractivity contribution >= 4 is 27.5 Å². The minimum atomic E-state index is -4.53. The van der Waals surface area contributed by atoms with Crippen LogP contribution in [0.25, 0.3) is 21.1 Å². The molecule has 11 nitrogen and oxygen atoms in total. The topological polar surface area (TPSA) is 155 Å². The first-order valence-corrected chi connectivity index (χ1v) is 9.07. The van der Waals surface area contributed by atoms with Crippen molar-refractivity contribution in [3.8, 4) is 23.6 Å². The smallest absolute Gasteiger partial charge is 0.323 e. The molecule has 0 fully saturated rings. The van der Waals surface area contributed by atoms with Gasteiger partial charge in [0.2, 0.25) is 0 Å². The van der Waals surface area contributed by atoms with E-state index in [1.807, 2.05) is 0 Å². The average molecular weight is 416 g/mol. The van der Waals surface area contributed by atoms with E-state index in [1.165, 1.54) is 19.2 Å². The highest BCUT2D eigenvalue weighted by molar-refractivity contribution is 7.86. The van der Waals surface area contributed by atoms with Gasteiger partial charge in [-0.3, -0.25) is 9.35 Å².